The van der Waals surface area contributed by atoms with Crippen LogP contribution in [0.1, 0.15) is 16.3 Å². The zero-order chi connectivity index (χ0) is 12.0. The molecule has 2 N–H and O–H groups in total. The first-order chi connectivity index (χ1) is 7.63. The molecule has 0 spiro atoms. The zero-order valence-electron chi connectivity index (χ0n) is 8.69. The molecule has 0 saturated carbocycles. The fourth-order valence-corrected chi connectivity index (χ4v) is 0.905. The lowest BCUT2D eigenvalue weighted by atomic mass is 10.2. The van der Waals surface area contributed by atoms with Crippen molar-refractivity contribution in [2.24, 2.45) is 5.73 Å². The van der Waals surface area contributed by atoms with Crippen molar-refractivity contribution in [1.82, 2.24) is 0 Å². The summed E-state index contributed by atoms with van der Waals surface area (Å²) in [5.74, 6) is 5.34. The summed E-state index contributed by atoms with van der Waals surface area (Å²) < 4.78 is 5.07. The summed E-state index contributed by atoms with van der Waals surface area (Å²) >= 11 is 0. The first-order valence-corrected chi connectivity index (χ1v) is 4.53. The van der Waals surface area contributed by atoms with Crippen molar-refractivity contribution in [3.63, 3.8) is 0 Å². The number of allylic oxidation sites excluding steroid dienone is 4. The predicted octanol–water partition coefficient (Wildman–Crippen LogP) is 2.03. The Bertz CT molecular complexity index is 510. The van der Waals surface area contributed by atoms with Crippen LogP contribution in [0, 0.1) is 11.8 Å². The van der Waals surface area contributed by atoms with Crippen LogP contribution in [0.25, 0.3) is 0 Å². The SMILES string of the molecule is C=C/C=C\C(=C)C#Cc1ccc(C(N)=O)o1. The van der Waals surface area contributed by atoms with E-state index in [9.17, 15) is 4.79 Å². The van der Waals surface area contributed by atoms with Crippen LogP contribution in [0.15, 0.2) is 53.5 Å². The van der Waals surface area contributed by atoms with E-state index in [0.717, 1.165) is 0 Å². The summed E-state index contributed by atoms with van der Waals surface area (Å²) in [6.07, 6.45) is 5.08. The third-order valence-corrected chi connectivity index (χ3v) is 1.63. The van der Waals surface area contributed by atoms with E-state index in [-0.39, 0.29) is 5.76 Å². The van der Waals surface area contributed by atoms with Crippen LogP contribution >= 0.6 is 0 Å². The predicted molar refractivity (Wildman–Crippen MR) is 62.6 cm³/mol. The standard InChI is InChI=1S/C13H11NO2/c1-3-4-5-10(2)6-7-11-8-9-12(16-11)13(14)15/h3-5,8-9H,1-2H2,(H2,14,15)/b5-4-. The van der Waals surface area contributed by atoms with E-state index >= 15 is 0 Å². The summed E-state index contributed by atoms with van der Waals surface area (Å²) in [5, 5.41) is 0. The highest BCUT2D eigenvalue weighted by Gasteiger charge is 2.04. The highest BCUT2D eigenvalue weighted by molar-refractivity contribution is 5.89. The Labute approximate surface area is 93.9 Å². The first-order valence-electron chi connectivity index (χ1n) is 4.53. The Morgan fingerprint density at radius 1 is 1.50 bits per heavy atom. The second-order valence-electron chi connectivity index (χ2n) is 2.90. The third kappa shape index (κ3) is 3.35. The van der Waals surface area contributed by atoms with E-state index < -0.39 is 5.91 Å². The number of primary amides is 1. The van der Waals surface area contributed by atoms with Gasteiger partial charge in [0.2, 0.25) is 0 Å². The van der Waals surface area contributed by atoms with Crippen LogP contribution in [0.5, 0.6) is 0 Å². The smallest absolute Gasteiger partial charge is 0.284 e. The Morgan fingerprint density at radius 2 is 2.25 bits per heavy atom. The molecule has 0 aliphatic rings. The maximum absolute atomic E-state index is 10.7. The molecule has 0 aromatic carbocycles. The van der Waals surface area contributed by atoms with E-state index in [2.05, 4.69) is 25.0 Å². The molecule has 0 bridgehead atoms. The van der Waals surface area contributed by atoms with Crippen molar-refractivity contribution in [2.75, 3.05) is 0 Å². The normalized spacial score (nSPS) is 9.50. The number of hydrogen-bond acceptors (Lipinski definition) is 2. The van der Waals surface area contributed by atoms with Gasteiger partial charge >= 0.3 is 0 Å². The van der Waals surface area contributed by atoms with Gasteiger partial charge < -0.3 is 10.2 Å². The Hall–Kier alpha value is -2.47. The fraction of sp³-hybridized carbons (Fsp3) is 0. The minimum Gasteiger partial charge on any atom is -0.443 e. The first kappa shape index (κ1) is 11.6. The largest absolute Gasteiger partial charge is 0.443 e. The summed E-state index contributed by atoms with van der Waals surface area (Å²) in [6.45, 7) is 7.24. The van der Waals surface area contributed by atoms with Gasteiger partial charge in [-0.15, -0.1) is 0 Å². The molecule has 16 heavy (non-hydrogen) atoms. The van der Waals surface area contributed by atoms with Gasteiger partial charge in [0, 0.05) is 5.57 Å². The van der Waals surface area contributed by atoms with Gasteiger partial charge in [0.05, 0.1) is 0 Å². The molecule has 1 rings (SSSR count). The maximum atomic E-state index is 10.7. The number of nitrogens with two attached hydrogens (primary N) is 1. The maximum Gasteiger partial charge on any atom is 0.284 e. The van der Waals surface area contributed by atoms with Gasteiger partial charge in [0.1, 0.15) is 0 Å². The molecule has 0 aliphatic heterocycles. The molecule has 0 radical (unpaired) electrons. The molecular formula is C13H11NO2. The monoisotopic (exact) mass is 213 g/mol. The molecule has 1 amide bonds. The Kier molecular flexibility index (Phi) is 3.93. The molecule has 0 fully saturated rings. The van der Waals surface area contributed by atoms with Gasteiger partial charge in [-0.3, -0.25) is 4.79 Å². The van der Waals surface area contributed by atoms with Crippen LogP contribution in [-0.2, 0) is 0 Å². The van der Waals surface area contributed by atoms with Crippen molar-refractivity contribution in [1.29, 1.82) is 0 Å². The second kappa shape index (κ2) is 5.42. The molecular weight excluding hydrogens is 202 g/mol. The minimum atomic E-state index is -0.613. The Balaban J connectivity index is 2.76. The number of carbonyl (C=O) groups is 1. The van der Waals surface area contributed by atoms with Crippen LogP contribution < -0.4 is 5.73 Å². The molecule has 0 unspecified atom stereocenters. The third-order valence-electron chi connectivity index (χ3n) is 1.63. The zero-order valence-corrected chi connectivity index (χ0v) is 8.69. The van der Waals surface area contributed by atoms with E-state index in [1.54, 1.807) is 24.3 Å². The lowest BCUT2D eigenvalue weighted by Crippen LogP contribution is -2.09. The molecule has 1 aromatic rings. The minimum absolute atomic E-state index is 0.0940. The van der Waals surface area contributed by atoms with Gasteiger partial charge in [-0.25, -0.2) is 0 Å². The summed E-state index contributed by atoms with van der Waals surface area (Å²) in [4.78, 5) is 10.7. The highest BCUT2D eigenvalue weighted by Crippen LogP contribution is 2.05. The van der Waals surface area contributed by atoms with Crippen molar-refractivity contribution in [3.05, 3.63) is 60.6 Å². The number of amides is 1. The van der Waals surface area contributed by atoms with Gasteiger partial charge in [-0.1, -0.05) is 31.2 Å². The van der Waals surface area contributed by atoms with Gasteiger partial charge in [0.25, 0.3) is 5.91 Å². The van der Waals surface area contributed by atoms with Crippen LogP contribution in [-0.4, -0.2) is 5.91 Å². The molecule has 1 heterocycles. The molecule has 3 heteroatoms. The molecule has 0 atom stereocenters. The van der Waals surface area contributed by atoms with Gasteiger partial charge in [-0.2, -0.15) is 0 Å². The van der Waals surface area contributed by atoms with Crippen molar-refractivity contribution in [2.45, 2.75) is 0 Å². The van der Waals surface area contributed by atoms with E-state index in [1.807, 2.05) is 0 Å². The quantitative estimate of drug-likeness (QED) is 0.617. The summed E-state index contributed by atoms with van der Waals surface area (Å²) in [6, 6.07) is 3.06. The van der Waals surface area contributed by atoms with E-state index in [1.165, 1.54) is 6.07 Å². The van der Waals surface area contributed by atoms with Crippen molar-refractivity contribution < 1.29 is 9.21 Å². The average molecular weight is 213 g/mol. The highest BCUT2D eigenvalue weighted by atomic mass is 16.3. The number of furan rings is 1. The average Bonchev–Trinajstić information content (AvgIpc) is 2.72. The van der Waals surface area contributed by atoms with Crippen molar-refractivity contribution in [3.8, 4) is 11.8 Å². The molecule has 1 aromatic heterocycles. The van der Waals surface area contributed by atoms with Crippen LogP contribution in [0.2, 0.25) is 0 Å². The lowest BCUT2D eigenvalue weighted by Gasteiger charge is -1.85. The van der Waals surface area contributed by atoms with Gasteiger partial charge in [-0.05, 0) is 24.1 Å². The van der Waals surface area contributed by atoms with E-state index in [4.69, 9.17) is 10.2 Å². The second-order valence-corrected chi connectivity index (χ2v) is 2.90. The molecule has 0 saturated heterocycles. The van der Waals surface area contributed by atoms with Crippen LogP contribution in [0.3, 0.4) is 0 Å². The van der Waals surface area contributed by atoms with E-state index in [0.29, 0.717) is 11.3 Å². The van der Waals surface area contributed by atoms with Crippen molar-refractivity contribution >= 4 is 5.91 Å². The molecule has 0 aliphatic carbocycles. The fourth-order valence-electron chi connectivity index (χ4n) is 0.905. The number of rotatable bonds is 3. The summed E-state index contributed by atoms with van der Waals surface area (Å²) in [5.41, 5.74) is 5.65. The number of carbonyl (C=O) groups excluding carboxylic acids is 1. The molecule has 80 valence electrons. The summed E-state index contributed by atoms with van der Waals surface area (Å²) in [7, 11) is 0. The Morgan fingerprint density at radius 3 is 2.81 bits per heavy atom. The van der Waals surface area contributed by atoms with Gasteiger partial charge in [0.15, 0.2) is 11.5 Å². The topological polar surface area (TPSA) is 56.2 Å². The number of hydrogen-bond donors (Lipinski definition) is 1. The van der Waals surface area contributed by atoms with Crippen LogP contribution in [0.4, 0.5) is 0 Å². The lowest BCUT2D eigenvalue weighted by molar-refractivity contribution is 0.0973. The molecule has 3 nitrogen and oxygen atoms in total.